The van der Waals surface area contributed by atoms with Gasteiger partial charge in [0.25, 0.3) is 5.91 Å². The van der Waals surface area contributed by atoms with Crippen molar-refractivity contribution < 1.29 is 13.2 Å². The Balaban J connectivity index is 2.91. The number of thiophene rings is 1. The topological polar surface area (TPSA) is 125 Å². The van der Waals surface area contributed by atoms with Gasteiger partial charge in [0.15, 0.2) is 9.84 Å². The molecule has 4 N–H and O–H groups in total. The molecule has 0 radical (unpaired) electrons. The first-order valence-electron chi connectivity index (χ1n) is 6.41. The molecule has 1 heterocycles. The summed E-state index contributed by atoms with van der Waals surface area (Å²) in [5.41, 5.74) is 6.09. The number of hydrogen-bond acceptors (Lipinski definition) is 7. The number of sulfone groups is 1. The lowest BCUT2D eigenvalue weighted by molar-refractivity contribution is 0.0960. The van der Waals surface area contributed by atoms with E-state index in [9.17, 15) is 13.2 Å². The van der Waals surface area contributed by atoms with E-state index < -0.39 is 9.84 Å². The molecular weight excluding hydrogens is 312 g/mol. The number of nitrogens with zero attached hydrogens (tertiary/aromatic N) is 1. The smallest absolute Gasteiger partial charge is 0.263 e. The third-order valence-electron chi connectivity index (χ3n) is 2.74. The fourth-order valence-electron chi connectivity index (χ4n) is 1.55. The molecule has 0 saturated carbocycles. The molecule has 1 rings (SSSR count). The second-order valence-electron chi connectivity index (χ2n) is 4.18. The van der Waals surface area contributed by atoms with E-state index in [1.54, 1.807) is 13.8 Å². The molecule has 0 aromatic carbocycles. The predicted octanol–water partition coefficient (Wildman–Crippen LogP) is 0.798. The molecule has 1 aromatic heterocycles. The van der Waals surface area contributed by atoms with Gasteiger partial charge in [-0.25, -0.2) is 8.42 Å². The number of anilines is 2. The zero-order valence-electron chi connectivity index (χ0n) is 11.9. The molecule has 1 amide bonds. The lowest BCUT2D eigenvalue weighted by Gasteiger charge is -2.04. The Morgan fingerprint density at radius 2 is 2.10 bits per heavy atom. The fourth-order valence-corrected chi connectivity index (χ4v) is 3.27. The monoisotopic (exact) mass is 330 g/mol. The van der Waals surface area contributed by atoms with Crippen LogP contribution < -0.4 is 16.4 Å². The maximum Gasteiger partial charge on any atom is 0.263 e. The summed E-state index contributed by atoms with van der Waals surface area (Å²) in [4.78, 5) is 12.1. The van der Waals surface area contributed by atoms with Crippen LogP contribution in [-0.2, 0) is 9.84 Å². The number of nitrogens with one attached hydrogen (secondary N) is 2. The molecule has 0 spiro atoms. The number of nitrogens with two attached hydrogens (primary N) is 1. The number of carbonyl (C=O) groups is 1. The van der Waals surface area contributed by atoms with Crippen LogP contribution in [0.25, 0.3) is 0 Å². The molecule has 0 unspecified atom stereocenters. The van der Waals surface area contributed by atoms with Gasteiger partial charge in [0.1, 0.15) is 21.5 Å². The molecule has 116 valence electrons. The molecule has 1 aromatic rings. The molecule has 0 saturated heterocycles. The van der Waals surface area contributed by atoms with Gasteiger partial charge in [0.05, 0.1) is 11.4 Å². The Morgan fingerprint density at radius 3 is 2.62 bits per heavy atom. The highest BCUT2D eigenvalue weighted by molar-refractivity contribution is 7.91. The highest BCUT2D eigenvalue weighted by Crippen LogP contribution is 2.34. The van der Waals surface area contributed by atoms with E-state index in [0.717, 1.165) is 11.3 Å². The Bertz CT molecular complexity index is 659. The molecule has 7 nitrogen and oxygen atoms in total. The summed E-state index contributed by atoms with van der Waals surface area (Å²) in [6.45, 7) is 3.98. The van der Waals surface area contributed by atoms with Gasteiger partial charge >= 0.3 is 0 Å². The molecule has 0 atom stereocenters. The van der Waals surface area contributed by atoms with Crippen LogP contribution in [-0.4, -0.2) is 38.9 Å². The second-order valence-corrected chi connectivity index (χ2v) is 7.68. The lowest BCUT2D eigenvalue weighted by Crippen LogP contribution is -2.22. The molecule has 0 fully saturated rings. The molecule has 0 aliphatic rings. The summed E-state index contributed by atoms with van der Waals surface area (Å²) >= 11 is 1.05. The summed E-state index contributed by atoms with van der Waals surface area (Å²) in [7, 11) is -3.09. The van der Waals surface area contributed by atoms with Crippen molar-refractivity contribution >= 4 is 37.8 Å². The standard InChI is InChI=1S/C12H18N4O3S2/c1-3-15-11(17)10-9(14)8(7-13)12(20-10)16-5-6-21(18,19)4-2/h16H,3-6,14H2,1-2H3,(H,15,17). The van der Waals surface area contributed by atoms with Crippen molar-refractivity contribution in [3.63, 3.8) is 0 Å². The van der Waals surface area contributed by atoms with Gasteiger partial charge in [-0.2, -0.15) is 5.26 Å². The first-order chi connectivity index (χ1) is 9.86. The van der Waals surface area contributed by atoms with Crippen LogP contribution in [0.4, 0.5) is 10.7 Å². The molecule has 9 heteroatoms. The van der Waals surface area contributed by atoms with E-state index in [4.69, 9.17) is 11.0 Å². The van der Waals surface area contributed by atoms with Gasteiger partial charge in [0.2, 0.25) is 0 Å². The number of carbonyl (C=O) groups excluding carboxylic acids is 1. The maximum atomic E-state index is 11.8. The number of nitriles is 1. The van der Waals surface area contributed by atoms with Gasteiger partial charge in [-0.3, -0.25) is 4.79 Å². The third-order valence-corrected chi connectivity index (χ3v) is 5.61. The second kappa shape index (κ2) is 7.28. The van der Waals surface area contributed by atoms with Crippen molar-refractivity contribution in [3.05, 3.63) is 10.4 Å². The highest BCUT2D eigenvalue weighted by Gasteiger charge is 2.20. The van der Waals surface area contributed by atoms with Crippen molar-refractivity contribution in [2.45, 2.75) is 13.8 Å². The Hall–Kier alpha value is -1.79. The van der Waals surface area contributed by atoms with Crippen molar-refractivity contribution in [3.8, 4) is 6.07 Å². The van der Waals surface area contributed by atoms with Crippen LogP contribution >= 0.6 is 11.3 Å². The molecule has 0 aliphatic carbocycles. The summed E-state index contributed by atoms with van der Waals surface area (Å²) in [6, 6.07) is 1.94. The van der Waals surface area contributed by atoms with Crippen LogP contribution in [0, 0.1) is 11.3 Å². The first kappa shape index (κ1) is 17.3. The molecule has 21 heavy (non-hydrogen) atoms. The van der Waals surface area contributed by atoms with Gasteiger partial charge in [-0.1, -0.05) is 6.92 Å². The number of amides is 1. The van der Waals surface area contributed by atoms with Gasteiger partial charge < -0.3 is 16.4 Å². The van der Waals surface area contributed by atoms with E-state index in [1.165, 1.54) is 0 Å². The maximum absolute atomic E-state index is 11.8. The summed E-state index contributed by atoms with van der Waals surface area (Å²) in [5.74, 6) is -0.315. The minimum atomic E-state index is -3.09. The van der Waals surface area contributed by atoms with Gasteiger partial charge in [0, 0.05) is 18.8 Å². The minimum Gasteiger partial charge on any atom is -0.396 e. The molecule has 0 aliphatic heterocycles. The zero-order chi connectivity index (χ0) is 16.0. The zero-order valence-corrected chi connectivity index (χ0v) is 13.5. The predicted molar refractivity (Wildman–Crippen MR) is 84.3 cm³/mol. The third kappa shape index (κ3) is 4.34. The van der Waals surface area contributed by atoms with Crippen molar-refractivity contribution in [2.24, 2.45) is 0 Å². The first-order valence-corrected chi connectivity index (χ1v) is 9.04. The van der Waals surface area contributed by atoms with E-state index in [-0.39, 0.29) is 40.1 Å². The van der Waals surface area contributed by atoms with E-state index >= 15 is 0 Å². The average molecular weight is 330 g/mol. The quantitative estimate of drug-likeness (QED) is 0.679. The van der Waals surface area contributed by atoms with Gasteiger partial charge in [-0.15, -0.1) is 11.3 Å². The number of hydrogen-bond donors (Lipinski definition) is 3. The molecular formula is C12H18N4O3S2. The Kier molecular flexibility index (Phi) is 5.99. The van der Waals surface area contributed by atoms with Gasteiger partial charge in [-0.05, 0) is 6.92 Å². The number of nitrogen functional groups attached to an aromatic ring is 1. The summed E-state index contributed by atoms with van der Waals surface area (Å²) in [6.07, 6.45) is 0. The summed E-state index contributed by atoms with van der Waals surface area (Å²) < 4.78 is 22.8. The van der Waals surface area contributed by atoms with Crippen LogP contribution in [0.1, 0.15) is 29.1 Å². The number of rotatable bonds is 7. The van der Waals surface area contributed by atoms with Crippen LogP contribution in [0.5, 0.6) is 0 Å². The van der Waals surface area contributed by atoms with Crippen molar-refractivity contribution in [1.82, 2.24) is 5.32 Å². The Labute approximate surface area is 128 Å². The summed E-state index contributed by atoms with van der Waals surface area (Å²) in [5, 5.41) is 15.0. The van der Waals surface area contributed by atoms with Crippen molar-refractivity contribution in [1.29, 1.82) is 5.26 Å². The average Bonchev–Trinajstić information content (AvgIpc) is 2.75. The van der Waals surface area contributed by atoms with Crippen LogP contribution in [0.3, 0.4) is 0 Å². The van der Waals surface area contributed by atoms with E-state index in [1.807, 2.05) is 6.07 Å². The minimum absolute atomic E-state index is 0.0390. The fraction of sp³-hybridized carbons (Fsp3) is 0.500. The Morgan fingerprint density at radius 1 is 1.43 bits per heavy atom. The van der Waals surface area contributed by atoms with Crippen LogP contribution in [0.2, 0.25) is 0 Å². The SMILES string of the molecule is CCNC(=O)c1sc(NCCS(=O)(=O)CC)c(C#N)c1N. The van der Waals surface area contributed by atoms with E-state index in [0.29, 0.717) is 11.5 Å². The lowest BCUT2D eigenvalue weighted by atomic mass is 10.2. The van der Waals surface area contributed by atoms with Crippen LogP contribution in [0.15, 0.2) is 0 Å². The normalized spacial score (nSPS) is 10.9. The van der Waals surface area contributed by atoms with Crippen molar-refractivity contribution in [2.75, 3.05) is 35.6 Å². The largest absolute Gasteiger partial charge is 0.396 e. The highest BCUT2D eigenvalue weighted by atomic mass is 32.2. The molecule has 0 bridgehead atoms. The van der Waals surface area contributed by atoms with E-state index in [2.05, 4.69) is 10.6 Å².